The van der Waals surface area contributed by atoms with Crippen LogP contribution in [0.15, 0.2) is 97.1 Å². The molecule has 0 heterocycles. The molecule has 0 spiro atoms. The van der Waals surface area contributed by atoms with Crippen molar-refractivity contribution in [3.63, 3.8) is 0 Å². The average Bonchev–Trinajstić information content (AvgIpc) is 2.81. The number of carbonyl (C=O) groups is 1. The SMILES string of the molecule is Cc1ccc(CC(=O)Oc2ccc3ccccc3c2-c2c(O)ccc3ccccc23)cc1. The van der Waals surface area contributed by atoms with E-state index in [9.17, 15) is 9.90 Å². The summed E-state index contributed by atoms with van der Waals surface area (Å²) in [4.78, 5) is 12.9. The molecular weight excluding hydrogens is 396 g/mol. The smallest absolute Gasteiger partial charge is 0.315 e. The number of ether oxygens (including phenoxy) is 1. The highest BCUT2D eigenvalue weighted by atomic mass is 16.5. The second kappa shape index (κ2) is 8.20. The minimum atomic E-state index is -0.342. The Morgan fingerprint density at radius 3 is 2.00 bits per heavy atom. The van der Waals surface area contributed by atoms with E-state index in [-0.39, 0.29) is 18.1 Å². The normalized spacial score (nSPS) is 11.0. The molecule has 156 valence electrons. The highest BCUT2D eigenvalue weighted by molar-refractivity contribution is 6.10. The van der Waals surface area contributed by atoms with E-state index in [4.69, 9.17) is 4.74 Å². The second-order valence-corrected chi connectivity index (χ2v) is 7.98. The second-order valence-electron chi connectivity index (χ2n) is 7.98. The molecule has 0 radical (unpaired) electrons. The summed E-state index contributed by atoms with van der Waals surface area (Å²) in [7, 11) is 0. The van der Waals surface area contributed by atoms with E-state index in [1.165, 1.54) is 0 Å². The summed E-state index contributed by atoms with van der Waals surface area (Å²) in [5.41, 5.74) is 3.43. The fraction of sp³-hybridized carbons (Fsp3) is 0.0690. The minimum Gasteiger partial charge on any atom is -0.507 e. The number of esters is 1. The number of rotatable bonds is 4. The van der Waals surface area contributed by atoms with Gasteiger partial charge in [-0.15, -0.1) is 0 Å². The lowest BCUT2D eigenvalue weighted by Crippen LogP contribution is -2.12. The third kappa shape index (κ3) is 3.69. The third-order valence-electron chi connectivity index (χ3n) is 5.74. The summed E-state index contributed by atoms with van der Waals surface area (Å²) >= 11 is 0. The summed E-state index contributed by atoms with van der Waals surface area (Å²) in [6.45, 7) is 2.01. The van der Waals surface area contributed by atoms with Crippen molar-refractivity contribution in [3.8, 4) is 22.6 Å². The molecular formula is C29H22O3. The maximum atomic E-state index is 12.9. The van der Waals surface area contributed by atoms with Crippen LogP contribution in [-0.4, -0.2) is 11.1 Å². The van der Waals surface area contributed by atoms with Gasteiger partial charge in [-0.25, -0.2) is 0 Å². The Morgan fingerprint density at radius 1 is 0.719 bits per heavy atom. The van der Waals surface area contributed by atoms with E-state index >= 15 is 0 Å². The molecule has 32 heavy (non-hydrogen) atoms. The third-order valence-corrected chi connectivity index (χ3v) is 5.74. The zero-order valence-electron chi connectivity index (χ0n) is 17.7. The Labute approximate surface area is 186 Å². The van der Waals surface area contributed by atoms with Crippen LogP contribution in [0.2, 0.25) is 0 Å². The van der Waals surface area contributed by atoms with Crippen LogP contribution in [0.5, 0.6) is 11.5 Å². The highest BCUT2D eigenvalue weighted by Gasteiger charge is 2.19. The fourth-order valence-electron chi connectivity index (χ4n) is 4.15. The van der Waals surface area contributed by atoms with Crippen molar-refractivity contribution in [1.29, 1.82) is 0 Å². The Hall–Kier alpha value is -4.11. The molecule has 3 nitrogen and oxygen atoms in total. The van der Waals surface area contributed by atoms with Gasteiger partial charge in [-0.3, -0.25) is 4.79 Å². The summed E-state index contributed by atoms with van der Waals surface area (Å²) in [5.74, 6) is 0.244. The van der Waals surface area contributed by atoms with Crippen LogP contribution < -0.4 is 4.74 Å². The van der Waals surface area contributed by atoms with E-state index < -0.39 is 0 Å². The molecule has 1 N–H and O–H groups in total. The van der Waals surface area contributed by atoms with Crippen LogP contribution >= 0.6 is 0 Å². The number of phenolic OH excluding ortho intramolecular Hbond substituents is 1. The Bertz CT molecular complexity index is 1450. The van der Waals surface area contributed by atoms with E-state index in [0.29, 0.717) is 11.3 Å². The van der Waals surface area contributed by atoms with Gasteiger partial charge in [0.05, 0.1) is 6.42 Å². The van der Waals surface area contributed by atoms with Gasteiger partial charge in [0, 0.05) is 11.1 Å². The Balaban J connectivity index is 1.66. The van der Waals surface area contributed by atoms with Crippen LogP contribution in [0.25, 0.3) is 32.7 Å². The van der Waals surface area contributed by atoms with Crippen LogP contribution in [0.1, 0.15) is 11.1 Å². The van der Waals surface area contributed by atoms with Crippen molar-refractivity contribution in [3.05, 3.63) is 108 Å². The quantitative estimate of drug-likeness (QED) is 0.257. The molecule has 0 saturated carbocycles. The number of aryl methyl sites for hydroxylation is 1. The summed E-state index contributed by atoms with van der Waals surface area (Å²) < 4.78 is 5.90. The maximum Gasteiger partial charge on any atom is 0.315 e. The molecule has 5 aromatic carbocycles. The predicted molar refractivity (Wildman–Crippen MR) is 129 cm³/mol. The monoisotopic (exact) mass is 418 g/mol. The van der Waals surface area contributed by atoms with E-state index in [1.807, 2.05) is 97.9 Å². The Morgan fingerprint density at radius 2 is 1.31 bits per heavy atom. The van der Waals surface area contributed by atoms with Gasteiger partial charge in [0.25, 0.3) is 0 Å². The molecule has 5 rings (SSSR count). The van der Waals surface area contributed by atoms with Gasteiger partial charge < -0.3 is 9.84 Å². The maximum absolute atomic E-state index is 12.9. The zero-order valence-corrected chi connectivity index (χ0v) is 17.7. The number of aromatic hydroxyl groups is 1. The van der Waals surface area contributed by atoms with Crippen molar-refractivity contribution in [2.45, 2.75) is 13.3 Å². The van der Waals surface area contributed by atoms with E-state index in [0.717, 1.165) is 38.2 Å². The lowest BCUT2D eigenvalue weighted by Gasteiger charge is -2.17. The van der Waals surface area contributed by atoms with Crippen molar-refractivity contribution in [2.24, 2.45) is 0 Å². The molecule has 0 aliphatic heterocycles. The molecule has 0 saturated heterocycles. The van der Waals surface area contributed by atoms with Gasteiger partial charge in [-0.2, -0.15) is 0 Å². The van der Waals surface area contributed by atoms with Gasteiger partial charge in [0.2, 0.25) is 0 Å². The lowest BCUT2D eigenvalue weighted by molar-refractivity contribution is -0.133. The average molecular weight is 418 g/mol. The number of hydrogen-bond acceptors (Lipinski definition) is 3. The number of fused-ring (bicyclic) bond motifs is 2. The summed E-state index contributed by atoms with van der Waals surface area (Å²) in [6.07, 6.45) is 0.175. The first-order valence-corrected chi connectivity index (χ1v) is 10.6. The number of phenols is 1. The highest BCUT2D eigenvalue weighted by Crippen LogP contribution is 2.45. The first kappa shape index (κ1) is 19.8. The largest absolute Gasteiger partial charge is 0.507 e. The fourth-order valence-corrected chi connectivity index (χ4v) is 4.15. The lowest BCUT2D eigenvalue weighted by atomic mass is 9.92. The molecule has 0 bridgehead atoms. The number of carbonyl (C=O) groups excluding carboxylic acids is 1. The van der Waals surface area contributed by atoms with E-state index in [2.05, 4.69) is 0 Å². The van der Waals surface area contributed by atoms with Gasteiger partial charge >= 0.3 is 5.97 Å². The van der Waals surface area contributed by atoms with Crippen LogP contribution in [0.3, 0.4) is 0 Å². The Kier molecular flexibility index (Phi) is 5.08. The molecule has 0 aliphatic carbocycles. The van der Waals surface area contributed by atoms with Crippen molar-refractivity contribution in [2.75, 3.05) is 0 Å². The first-order chi connectivity index (χ1) is 15.6. The van der Waals surface area contributed by atoms with Crippen LogP contribution in [0.4, 0.5) is 0 Å². The molecule has 0 fully saturated rings. The van der Waals surface area contributed by atoms with Crippen LogP contribution in [-0.2, 0) is 11.2 Å². The van der Waals surface area contributed by atoms with Gasteiger partial charge in [-0.05, 0) is 46.2 Å². The molecule has 0 amide bonds. The number of benzene rings is 5. The van der Waals surface area contributed by atoms with Crippen molar-refractivity contribution >= 4 is 27.5 Å². The van der Waals surface area contributed by atoms with Gasteiger partial charge in [0.15, 0.2) is 0 Å². The topological polar surface area (TPSA) is 46.5 Å². The van der Waals surface area contributed by atoms with Crippen molar-refractivity contribution in [1.82, 2.24) is 0 Å². The number of hydrogen-bond donors (Lipinski definition) is 1. The first-order valence-electron chi connectivity index (χ1n) is 10.6. The molecule has 5 aromatic rings. The molecule has 3 heteroatoms. The predicted octanol–water partition coefficient (Wildman–Crippen LogP) is 6.82. The zero-order chi connectivity index (χ0) is 22.1. The van der Waals surface area contributed by atoms with Crippen LogP contribution in [0, 0.1) is 6.92 Å². The molecule has 0 aliphatic rings. The molecule has 0 atom stereocenters. The molecule has 0 aromatic heterocycles. The van der Waals surface area contributed by atoms with Gasteiger partial charge in [-0.1, -0.05) is 90.5 Å². The minimum absolute atomic E-state index is 0.149. The summed E-state index contributed by atoms with van der Waals surface area (Å²) in [5, 5.41) is 14.7. The van der Waals surface area contributed by atoms with Gasteiger partial charge in [0.1, 0.15) is 11.5 Å². The molecule has 0 unspecified atom stereocenters. The standard InChI is InChI=1S/C29H22O3/c1-19-10-12-20(13-11-19)18-27(31)32-26-17-15-22-7-3-5-9-24(22)29(26)28-23-8-4-2-6-21(23)14-16-25(28)30/h2-17,30H,18H2,1H3. The summed E-state index contributed by atoms with van der Waals surface area (Å²) in [6, 6.07) is 31.0. The van der Waals surface area contributed by atoms with E-state index in [1.54, 1.807) is 6.07 Å². The van der Waals surface area contributed by atoms with Crippen molar-refractivity contribution < 1.29 is 14.6 Å².